The summed E-state index contributed by atoms with van der Waals surface area (Å²) in [4.78, 5) is 32.5. The van der Waals surface area contributed by atoms with Crippen LogP contribution in [-0.2, 0) is 0 Å². The van der Waals surface area contributed by atoms with Gasteiger partial charge in [-0.25, -0.2) is 9.50 Å². The lowest BCUT2D eigenvalue weighted by Crippen LogP contribution is -2.47. The van der Waals surface area contributed by atoms with E-state index in [9.17, 15) is 14.9 Å². The number of rotatable bonds is 4. The Kier molecular flexibility index (Phi) is 5.16. The Labute approximate surface area is 187 Å². The van der Waals surface area contributed by atoms with Crippen molar-refractivity contribution in [1.29, 1.82) is 0 Å². The molecule has 2 aromatic heterocycles. The Balaban J connectivity index is 1.38. The molecule has 1 fully saturated rings. The Morgan fingerprint density at radius 1 is 1.00 bits per heavy atom. The minimum Gasteiger partial charge on any atom is -0.336 e. The molecule has 1 aliphatic rings. The number of non-ortho nitro benzene ring substituents is 1. The highest BCUT2D eigenvalue weighted by Crippen LogP contribution is 2.30. The quantitative estimate of drug-likeness (QED) is 0.351. The summed E-state index contributed by atoms with van der Waals surface area (Å²) in [5.74, 6) is 0.0547. The second-order valence-electron chi connectivity index (χ2n) is 7.72. The van der Waals surface area contributed by atoms with Gasteiger partial charge in [0.05, 0.1) is 16.8 Å². The molecule has 4 aromatic rings. The number of likely N-dealkylation sites (N-methyl/N-ethyl adjacent to an activating group) is 1. The number of nitro groups is 1. The molecule has 0 N–H and O–H groups in total. The SMILES string of the molecule is CN1CCN(C(=O)c2ccc(-c3nn4c(-c5ccc([N+](=O)[O-])cc5)cnc4s3)cc2)CC1. The van der Waals surface area contributed by atoms with Crippen LogP contribution in [0.2, 0.25) is 0 Å². The number of benzene rings is 2. The summed E-state index contributed by atoms with van der Waals surface area (Å²) in [7, 11) is 2.06. The number of nitro benzene ring substituents is 1. The van der Waals surface area contributed by atoms with Crippen molar-refractivity contribution in [3.05, 3.63) is 70.4 Å². The van der Waals surface area contributed by atoms with Crippen molar-refractivity contribution in [3.63, 3.8) is 0 Å². The van der Waals surface area contributed by atoms with E-state index >= 15 is 0 Å². The molecule has 162 valence electrons. The van der Waals surface area contributed by atoms with Crippen molar-refractivity contribution < 1.29 is 9.72 Å². The molecule has 10 heteroatoms. The first kappa shape index (κ1) is 20.3. The van der Waals surface area contributed by atoms with Crippen LogP contribution < -0.4 is 0 Å². The summed E-state index contributed by atoms with van der Waals surface area (Å²) in [5.41, 5.74) is 3.18. The number of hydrogen-bond acceptors (Lipinski definition) is 7. The highest BCUT2D eigenvalue weighted by molar-refractivity contribution is 7.19. The molecule has 0 aliphatic carbocycles. The zero-order valence-corrected chi connectivity index (χ0v) is 18.2. The third kappa shape index (κ3) is 3.74. The number of nitrogens with zero attached hydrogens (tertiary/aromatic N) is 6. The van der Waals surface area contributed by atoms with Gasteiger partial charge in [-0.2, -0.15) is 5.10 Å². The number of piperazine rings is 1. The average molecular weight is 449 g/mol. The van der Waals surface area contributed by atoms with Crippen molar-refractivity contribution in [1.82, 2.24) is 24.4 Å². The lowest BCUT2D eigenvalue weighted by Gasteiger charge is -2.32. The Morgan fingerprint density at radius 2 is 1.66 bits per heavy atom. The van der Waals surface area contributed by atoms with Gasteiger partial charge in [-0.15, -0.1) is 0 Å². The molecule has 0 spiro atoms. The maximum Gasteiger partial charge on any atom is 0.269 e. The summed E-state index contributed by atoms with van der Waals surface area (Å²) in [6.45, 7) is 3.26. The van der Waals surface area contributed by atoms with Gasteiger partial charge in [-0.05, 0) is 31.3 Å². The van der Waals surface area contributed by atoms with Gasteiger partial charge in [0.2, 0.25) is 4.96 Å². The number of imidazole rings is 1. The van der Waals surface area contributed by atoms with Gasteiger partial charge in [-0.3, -0.25) is 14.9 Å². The first-order valence-corrected chi connectivity index (χ1v) is 11.0. The Bertz CT molecular complexity index is 1290. The van der Waals surface area contributed by atoms with Crippen molar-refractivity contribution in [2.75, 3.05) is 33.2 Å². The Morgan fingerprint density at radius 3 is 2.31 bits per heavy atom. The van der Waals surface area contributed by atoms with Crippen LogP contribution >= 0.6 is 11.3 Å². The van der Waals surface area contributed by atoms with Crippen LogP contribution in [0.25, 0.3) is 26.8 Å². The predicted molar refractivity (Wildman–Crippen MR) is 122 cm³/mol. The zero-order chi connectivity index (χ0) is 22.2. The van der Waals surface area contributed by atoms with Crippen LogP contribution in [0.3, 0.4) is 0 Å². The number of aromatic nitrogens is 3. The number of carbonyl (C=O) groups is 1. The second-order valence-corrected chi connectivity index (χ2v) is 8.68. The van der Waals surface area contributed by atoms with Gasteiger partial charge < -0.3 is 9.80 Å². The third-order valence-electron chi connectivity index (χ3n) is 5.63. The number of carbonyl (C=O) groups excluding carboxylic acids is 1. The standard InChI is InChI=1S/C22H20N6O3S/c1-25-10-12-26(13-11-25)21(29)17-4-2-16(3-5-17)20-24-27-19(14-23-22(27)32-20)15-6-8-18(9-7-15)28(30)31/h2-9,14H,10-13H2,1H3. The Hall–Kier alpha value is -3.63. The first-order chi connectivity index (χ1) is 15.5. The van der Waals surface area contributed by atoms with E-state index in [0.717, 1.165) is 53.0 Å². The fraction of sp³-hybridized carbons (Fsp3) is 0.227. The van der Waals surface area contributed by atoms with E-state index in [1.165, 1.54) is 23.5 Å². The zero-order valence-electron chi connectivity index (χ0n) is 17.3. The van der Waals surface area contributed by atoms with Crippen LogP contribution in [0.4, 0.5) is 5.69 Å². The monoisotopic (exact) mass is 448 g/mol. The van der Waals surface area contributed by atoms with Crippen LogP contribution in [0, 0.1) is 10.1 Å². The number of hydrogen-bond donors (Lipinski definition) is 0. The fourth-order valence-corrected chi connectivity index (χ4v) is 4.59. The molecule has 0 saturated carbocycles. The maximum atomic E-state index is 12.8. The highest BCUT2D eigenvalue weighted by Gasteiger charge is 2.20. The first-order valence-electron chi connectivity index (χ1n) is 10.2. The second kappa shape index (κ2) is 8.13. The molecule has 1 saturated heterocycles. The normalized spacial score (nSPS) is 14.7. The van der Waals surface area contributed by atoms with Gasteiger partial charge in [0.15, 0.2) is 0 Å². The molecule has 2 aromatic carbocycles. The molecule has 1 aliphatic heterocycles. The molecular formula is C22H20N6O3S. The average Bonchev–Trinajstić information content (AvgIpc) is 3.40. The molecule has 0 atom stereocenters. The van der Waals surface area contributed by atoms with Crippen molar-refractivity contribution >= 4 is 27.9 Å². The van der Waals surface area contributed by atoms with Crippen molar-refractivity contribution in [3.8, 4) is 21.8 Å². The topological polar surface area (TPSA) is 96.9 Å². The number of fused-ring (bicyclic) bond motifs is 1. The summed E-state index contributed by atoms with van der Waals surface area (Å²) in [5, 5.41) is 16.4. The molecule has 5 rings (SSSR count). The van der Waals surface area contributed by atoms with Crippen molar-refractivity contribution in [2.24, 2.45) is 0 Å². The minimum atomic E-state index is -0.422. The lowest BCUT2D eigenvalue weighted by atomic mass is 10.1. The molecular weight excluding hydrogens is 428 g/mol. The van der Waals surface area contributed by atoms with E-state index in [1.54, 1.807) is 22.8 Å². The van der Waals surface area contributed by atoms with Crippen LogP contribution in [-0.4, -0.2) is 68.5 Å². The van der Waals surface area contributed by atoms with Crippen LogP contribution in [0.15, 0.2) is 54.7 Å². The molecule has 1 amide bonds. The van der Waals surface area contributed by atoms with Crippen molar-refractivity contribution in [2.45, 2.75) is 0 Å². The highest BCUT2D eigenvalue weighted by atomic mass is 32.1. The molecule has 0 unspecified atom stereocenters. The largest absolute Gasteiger partial charge is 0.336 e. The van der Waals surface area contributed by atoms with Crippen LogP contribution in [0.5, 0.6) is 0 Å². The summed E-state index contributed by atoms with van der Waals surface area (Å²) in [6.07, 6.45) is 1.71. The summed E-state index contributed by atoms with van der Waals surface area (Å²) in [6, 6.07) is 13.8. The minimum absolute atomic E-state index is 0.0414. The summed E-state index contributed by atoms with van der Waals surface area (Å²) >= 11 is 1.45. The van der Waals surface area contributed by atoms with E-state index in [2.05, 4.69) is 22.0 Å². The predicted octanol–water partition coefficient (Wildman–Crippen LogP) is 3.42. The molecule has 32 heavy (non-hydrogen) atoms. The van der Waals surface area contributed by atoms with Gasteiger partial charge in [0, 0.05) is 55.0 Å². The summed E-state index contributed by atoms with van der Waals surface area (Å²) < 4.78 is 1.74. The number of amides is 1. The molecule has 0 bridgehead atoms. The van der Waals surface area contributed by atoms with E-state index in [1.807, 2.05) is 29.2 Å². The van der Waals surface area contributed by atoms with Gasteiger partial charge in [0.25, 0.3) is 11.6 Å². The lowest BCUT2D eigenvalue weighted by molar-refractivity contribution is -0.384. The smallest absolute Gasteiger partial charge is 0.269 e. The van der Waals surface area contributed by atoms with Crippen LogP contribution in [0.1, 0.15) is 10.4 Å². The third-order valence-corrected chi connectivity index (χ3v) is 6.60. The van der Waals surface area contributed by atoms with E-state index in [4.69, 9.17) is 0 Å². The molecule has 3 heterocycles. The van der Waals surface area contributed by atoms with Gasteiger partial charge in [-0.1, -0.05) is 23.5 Å². The maximum absolute atomic E-state index is 12.8. The molecule has 9 nitrogen and oxygen atoms in total. The van der Waals surface area contributed by atoms with Gasteiger partial charge >= 0.3 is 0 Å². The van der Waals surface area contributed by atoms with E-state index in [0.29, 0.717) is 5.56 Å². The molecule has 0 radical (unpaired) electrons. The van der Waals surface area contributed by atoms with E-state index in [-0.39, 0.29) is 11.6 Å². The van der Waals surface area contributed by atoms with Gasteiger partial charge in [0.1, 0.15) is 5.01 Å². The fourth-order valence-electron chi connectivity index (χ4n) is 3.71. The van der Waals surface area contributed by atoms with E-state index < -0.39 is 4.92 Å².